The van der Waals surface area contributed by atoms with Crippen molar-refractivity contribution in [1.82, 2.24) is 20.2 Å². The molecule has 0 aromatic carbocycles. The van der Waals surface area contributed by atoms with Crippen LogP contribution in [-0.2, 0) is 16.0 Å². The molecule has 8 heteroatoms. The Morgan fingerprint density at radius 2 is 2.17 bits per heavy atom. The van der Waals surface area contributed by atoms with Crippen LogP contribution in [0, 0.1) is 0 Å². The van der Waals surface area contributed by atoms with Crippen LogP contribution in [0.1, 0.15) is 18.5 Å². The number of amides is 2. The molecule has 1 aliphatic rings. The molecule has 2 amide bonds. The summed E-state index contributed by atoms with van der Waals surface area (Å²) in [6.45, 7) is 5.48. The summed E-state index contributed by atoms with van der Waals surface area (Å²) in [6.07, 6.45) is 3.68. The van der Waals surface area contributed by atoms with Gasteiger partial charge in [0.05, 0.1) is 17.9 Å². The Kier molecular flexibility index (Phi) is 6.40. The van der Waals surface area contributed by atoms with Gasteiger partial charge in [-0.2, -0.15) is 0 Å². The molecule has 2 rings (SSSR count). The van der Waals surface area contributed by atoms with Crippen LogP contribution >= 0.6 is 11.8 Å². The number of carbonyl (C=O) groups excluding carboxylic acids is 2. The highest BCUT2D eigenvalue weighted by atomic mass is 32.2. The molecule has 0 spiro atoms. The van der Waals surface area contributed by atoms with Crippen molar-refractivity contribution in [3.05, 3.63) is 34.8 Å². The zero-order valence-electron chi connectivity index (χ0n) is 12.8. The van der Waals surface area contributed by atoms with Crippen LogP contribution < -0.4 is 10.9 Å². The van der Waals surface area contributed by atoms with Crippen molar-refractivity contribution < 1.29 is 9.59 Å². The fourth-order valence-electron chi connectivity index (χ4n) is 2.24. The Morgan fingerprint density at radius 3 is 2.87 bits per heavy atom. The number of aromatic nitrogens is 2. The molecular weight excluding hydrogens is 316 g/mol. The number of carbonyl (C=O) groups is 2. The Balaban J connectivity index is 1.93. The standard InChI is InChI=1S/C15H20N4O3S/c1-2-5-16-12(20)8-11-9-13(21)18-15(17-11)23-10-14(22)19-6-3-4-7-19/h2,9H,1,3-8,10H2,(H,16,20)(H,17,18,21). The predicted octanol–water partition coefficient (Wildman–Crippen LogP) is 0.329. The van der Waals surface area contributed by atoms with Gasteiger partial charge < -0.3 is 15.2 Å². The summed E-state index contributed by atoms with van der Waals surface area (Å²) >= 11 is 1.18. The minimum atomic E-state index is -0.331. The number of aromatic amines is 1. The van der Waals surface area contributed by atoms with E-state index in [1.165, 1.54) is 17.8 Å². The van der Waals surface area contributed by atoms with Crippen molar-refractivity contribution in [2.75, 3.05) is 25.4 Å². The fraction of sp³-hybridized carbons (Fsp3) is 0.467. The number of nitrogens with zero attached hydrogens (tertiary/aromatic N) is 2. The summed E-state index contributed by atoms with van der Waals surface area (Å²) in [5.74, 6) is 0.0473. The number of thioether (sulfide) groups is 1. The van der Waals surface area contributed by atoms with Gasteiger partial charge in [-0.25, -0.2) is 4.98 Å². The highest BCUT2D eigenvalue weighted by Gasteiger charge is 2.18. The Bertz CT molecular complexity index is 638. The number of likely N-dealkylation sites (tertiary alicyclic amines) is 1. The topological polar surface area (TPSA) is 95.2 Å². The number of H-pyrrole nitrogens is 1. The maximum Gasteiger partial charge on any atom is 0.251 e. The minimum Gasteiger partial charge on any atom is -0.352 e. The zero-order valence-corrected chi connectivity index (χ0v) is 13.7. The molecule has 1 aliphatic heterocycles. The molecule has 2 N–H and O–H groups in total. The van der Waals surface area contributed by atoms with E-state index in [-0.39, 0.29) is 29.5 Å². The third-order valence-electron chi connectivity index (χ3n) is 3.35. The summed E-state index contributed by atoms with van der Waals surface area (Å²) in [5.41, 5.74) is 0.0501. The van der Waals surface area contributed by atoms with E-state index in [0.717, 1.165) is 25.9 Å². The van der Waals surface area contributed by atoms with E-state index in [0.29, 0.717) is 17.4 Å². The third kappa shape index (κ3) is 5.55. The molecule has 1 aromatic heterocycles. The first-order valence-corrected chi connectivity index (χ1v) is 8.45. The van der Waals surface area contributed by atoms with Crippen LogP contribution in [0.25, 0.3) is 0 Å². The summed E-state index contributed by atoms with van der Waals surface area (Å²) in [7, 11) is 0. The lowest BCUT2D eigenvalue weighted by atomic mass is 10.3. The molecule has 0 aliphatic carbocycles. The fourth-order valence-corrected chi connectivity index (χ4v) is 3.04. The molecule has 0 unspecified atom stereocenters. The van der Waals surface area contributed by atoms with Gasteiger partial charge in [0.2, 0.25) is 11.8 Å². The molecule has 0 radical (unpaired) electrons. The highest BCUT2D eigenvalue weighted by molar-refractivity contribution is 7.99. The van der Waals surface area contributed by atoms with Gasteiger partial charge in [0.25, 0.3) is 5.56 Å². The molecule has 0 saturated carbocycles. The Labute approximate surface area is 138 Å². The van der Waals surface area contributed by atoms with E-state index in [1.54, 1.807) is 6.08 Å². The van der Waals surface area contributed by atoms with E-state index >= 15 is 0 Å². The van der Waals surface area contributed by atoms with Crippen LogP contribution in [0.3, 0.4) is 0 Å². The number of rotatable bonds is 7. The summed E-state index contributed by atoms with van der Waals surface area (Å²) < 4.78 is 0. The maximum absolute atomic E-state index is 12.0. The SMILES string of the molecule is C=CCNC(=O)Cc1cc(=O)[nH]c(SCC(=O)N2CCCC2)n1. The Morgan fingerprint density at radius 1 is 1.43 bits per heavy atom. The molecule has 0 bridgehead atoms. The average molecular weight is 336 g/mol. The molecule has 1 saturated heterocycles. The zero-order chi connectivity index (χ0) is 16.7. The molecule has 124 valence electrons. The first kappa shape index (κ1) is 17.3. The van der Waals surface area contributed by atoms with Crippen molar-refractivity contribution in [3.8, 4) is 0 Å². The smallest absolute Gasteiger partial charge is 0.251 e. The molecule has 1 fully saturated rings. The van der Waals surface area contributed by atoms with Gasteiger partial charge in [0, 0.05) is 25.7 Å². The lowest BCUT2D eigenvalue weighted by Crippen LogP contribution is -2.29. The average Bonchev–Trinajstić information content (AvgIpc) is 3.04. The molecule has 0 atom stereocenters. The van der Waals surface area contributed by atoms with Crippen molar-refractivity contribution >= 4 is 23.6 Å². The number of hydrogen-bond donors (Lipinski definition) is 2. The van der Waals surface area contributed by atoms with E-state index in [9.17, 15) is 14.4 Å². The first-order chi connectivity index (χ1) is 11.1. The van der Waals surface area contributed by atoms with Crippen molar-refractivity contribution in [2.45, 2.75) is 24.4 Å². The van der Waals surface area contributed by atoms with Gasteiger partial charge in [0.15, 0.2) is 5.16 Å². The first-order valence-electron chi connectivity index (χ1n) is 7.47. The van der Waals surface area contributed by atoms with Gasteiger partial charge >= 0.3 is 0 Å². The second-order valence-corrected chi connectivity index (χ2v) is 6.15. The monoisotopic (exact) mass is 336 g/mol. The number of nitrogens with one attached hydrogen (secondary N) is 2. The van der Waals surface area contributed by atoms with Crippen LogP contribution in [0.2, 0.25) is 0 Å². The summed E-state index contributed by atoms with van der Waals surface area (Å²) in [6, 6.07) is 1.29. The quantitative estimate of drug-likeness (QED) is 0.425. The van der Waals surface area contributed by atoms with E-state index in [1.807, 2.05) is 4.90 Å². The lowest BCUT2D eigenvalue weighted by Gasteiger charge is -2.14. The number of hydrogen-bond acceptors (Lipinski definition) is 5. The van der Waals surface area contributed by atoms with Gasteiger partial charge in [-0.3, -0.25) is 14.4 Å². The summed E-state index contributed by atoms with van der Waals surface area (Å²) in [5, 5.41) is 2.99. The van der Waals surface area contributed by atoms with Gasteiger partial charge in [0.1, 0.15) is 0 Å². The van der Waals surface area contributed by atoms with Crippen molar-refractivity contribution in [1.29, 1.82) is 0 Å². The molecular formula is C15H20N4O3S. The summed E-state index contributed by atoms with van der Waals surface area (Å²) in [4.78, 5) is 43.9. The molecule has 23 heavy (non-hydrogen) atoms. The van der Waals surface area contributed by atoms with E-state index in [4.69, 9.17) is 0 Å². The van der Waals surface area contributed by atoms with Crippen LogP contribution in [0.5, 0.6) is 0 Å². The normalized spacial score (nSPS) is 13.8. The Hall–Kier alpha value is -2.09. The second-order valence-electron chi connectivity index (χ2n) is 5.19. The highest BCUT2D eigenvalue weighted by Crippen LogP contribution is 2.15. The van der Waals surface area contributed by atoms with Gasteiger partial charge in [-0.15, -0.1) is 6.58 Å². The largest absolute Gasteiger partial charge is 0.352 e. The van der Waals surface area contributed by atoms with Crippen LogP contribution in [0.15, 0.2) is 28.7 Å². The lowest BCUT2D eigenvalue weighted by molar-refractivity contribution is -0.127. The maximum atomic E-state index is 12.0. The third-order valence-corrected chi connectivity index (χ3v) is 4.21. The van der Waals surface area contributed by atoms with Crippen LogP contribution in [0.4, 0.5) is 0 Å². The van der Waals surface area contributed by atoms with Crippen LogP contribution in [-0.4, -0.2) is 52.1 Å². The van der Waals surface area contributed by atoms with E-state index in [2.05, 4.69) is 21.9 Å². The molecule has 7 nitrogen and oxygen atoms in total. The van der Waals surface area contributed by atoms with Gasteiger partial charge in [-0.1, -0.05) is 17.8 Å². The minimum absolute atomic E-state index is 0.0192. The predicted molar refractivity (Wildman–Crippen MR) is 88.3 cm³/mol. The second kappa shape index (κ2) is 8.52. The van der Waals surface area contributed by atoms with Crippen molar-refractivity contribution in [2.24, 2.45) is 0 Å². The molecule has 1 aromatic rings. The van der Waals surface area contributed by atoms with Gasteiger partial charge in [-0.05, 0) is 12.8 Å². The molecule has 2 heterocycles. The van der Waals surface area contributed by atoms with Crippen molar-refractivity contribution in [3.63, 3.8) is 0 Å². The van der Waals surface area contributed by atoms with E-state index < -0.39 is 0 Å².